The first-order valence-electron chi connectivity index (χ1n) is 5.35. The van der Waals surface area contributed by atoms with Crippen molar-refractivity contribution in [2.75, 3.05) is 0 Å². The van der Waals surface area contributed by atoms with Crippen molar-refractivity contribution in [2.45, 2.75) is 40.0 Å². The Morgan fingerprint density at radius 3 is 2.50 bits per heavy atom. The smallest absolute Gasteiger partial charge is 0.137 e. The van der Waals surface area contributed by atoms with Gasteiger partial charge in [-0.25, -0.2) is 0 Å². The molecule has 0 fully saturated rings. The third-order valence-electron chi connectivity index (χ3n) is 1.99. The summed E-state index contributed by atoms with van der Waals surface area (Å²) in [5.41, 5.74) is 0. The van der Waals surface area contributed by atoms with Crippen LogP contribution in [0.4, 0.5) is 0 Å². The third kappa shape index (κ3) is 7.78. The van der Waals surface area contributed by atoms with Gasteiger partial charge in [-0.3, -0.25) is 4.79 Å². The maximum absolute atomic E-state index is 11.2. The summed E-state index contributed by atoms with van der Waals surface area (Å²) in [5.74, 6) is 1.34. The van der Waals surface area contributed by atoms with E-state index in [0.29, 0.717) is 24.7 Å². The molecule has 0 radical (unpaired) electrons. The fraction of sp³-hybridized carbons (Fsp3) is 0.615. The van der Waals surface area contributed by atoms with Gasteiger partial charge >= 0.3 is 0 Å². The van der Waals surface area contributed by atoms with Crippen LogP contribution in [0.25, 0.3) is 0 Å². The Bertz CT molecular complexity index is 201. The van der Waals surface area contributed by atoms with Crippen molar-refractivity contribution in [1.82, 2.24) is 0 Å². The second-order valence-electron chi connectivity index (χ2n) is 4.27. The predicted octanol–water partition coefficient (Wildman–Crippen LogP) is 3.76. The van der Waals surface area contributed by atoms with E-state index < -0.39 is 0 Å². The summed E-state index contributed by atoms with van der Waals surface area (Å²) in [7, 11) is 0. The lowest BCUT2D eigenvalue weighted by Crippen LogP contribution is -2.02. The highest BCUT2D eigenvalue weighted by Gasteiger charge is 2.04. The van der Waals surface area contributed by atoms with Crippen molar-refractivity contribution < 1.29 is 4.79 Å². The van der Waals surface area contributed by atoms with E-state index in [1.165, 1.54) is 0 Å². The van der Waals surface area contributed by atoms with Gasteiger partial charge in [0.15, 0.2) is 0 Å². The monoisotopic (exact) mass is 194 g/mol. The average molecular weight is 194 g/mol. The van der Waals surface area contributed by atoms with Crippen LogP contribution in [0.1, 0.15) is 40.0 Å². The van der Waals surface area contributed by atoms with Gasteiger partial charge in [-0.05, 0) is 18.3 Å². The number of Topliss-reactive ketones (excluding diaryl/α,β-unsaturated/α-hetero) is 1. The minimum atomic E-state index is 0.279. The topological polar surface area (TPSA) is 17.1 Å². The van der Waals surface area contributed by atoms with Crippen LogP contribution in [0.2, 0.25) is 0 Å². The number of carbonyl (C=O) groups is 1. The van der Waals surface area contributed by atoms with Crippen molar-refractivity contribution in [2.24, 2.45) is 11.8 Å². The van der Waals surface area contributed by atoms with Crippen molar-refractivity contribution >= 4 is 5.78 Å². The summed E-state index contributed by atoms with van der Waals surface area (Å²) >= 11 is 0. The van der Waals surface area contributed by atoms with Gasteiger partial charge in [0.1, 0.15) is 5.78 Å². The van der Waals surface area contributed by atoms with Crippen LogP contribution in [0.5, 0.6) is 0 Å². The number of rotatable bonds is 7. The normalized spacial score (nSPS) is 13.4. The lowest BCUT2D eigenvalue weighted by atomic mass is 10.0. The second kappa shape index (κ2) is 7.54. The number of hydrogen-bond donors (Lipinski definition) is 0. The molecule has 1 nitrogen and oxygen atoms in total. The molecule has 1 atom stereocenters. The molecule has 1 unspecified atom stereocenters. The van der Waals surface area contributed by atoms with Gasteiger partial charge in [0.25, 0.3) is 0 Å². The fourth-order valence-electron chi connectivity index (χ4n) is 1.25. The van der Waals surface area contributed by atoms with E-state index in [4.69, 9.17) is 0 Å². The van der Waals surface area contributed by atoms with Gasteiger partial charge < -0.3 is 0 Å². The highest BCUT2D eigenvalue weighted by atomic mass is 16.1. The molecule has 0 N–H and O–H groups in total. The zero-order valence-corrected chi connectivity index (χ0v) is 9.62. The number of carbonyl (C=O) groups excluding carboxylic acids is 1. The predicted molar refractivity (Wildman–Crippen MR) is 62.2 cm³/mol. The summed E-state index contributed by atoms with van der Waals surface area (Å²) in [5, 5.41) is 0. The number of allylic oxidation sites excluding steroid dienone is 3. The molecule has 0 amide bonds. The molecule has 0 saturated heterocycles. The van der Waals surface area contributed by atoms with Crippen LogP contribution in [0, 0.1) is 11.8 Å². The van der Waals surface area contributed by atoms with Crippen molar-refractivity contribution in [3.8, 4) is 0 Å². The standard InChI is InChI=1S/C13H22O/c1-5-7-13(14)10-12(4)9-6-8-11(2)3/h5-6,9,11-12H,1,7-8,10H2,2-4H3. The molecule has 0 rings (SSSR count). The van der Waals surface area contributed by atoms with Gasteiger partial charge in [-0.15, -0.1) is 6.58 Å². The fourth-order valence-corrected chi connectivity index (χ4v) is 1.25. The molecular weight excluding hydrogens is 172 g/mol. The number of ketones is 1. The average Bonchev–Trinajstić information content (AvgIpc) is 2.03. The van der Waals surface area contributed by atoms with Crippen LogP contribution in [0.15, 0.2) is 24.8 Å². The van der Waals surface area contributed by atoms with E-state index in [9.17, 15) is 4.79 Å². The molecule has 0 aromatic carbocycles. The van der Waals surface area contributed by atoms with E-state index in [1.807, 2.05) is 0 Å². The molecule has 0 aliphatic carbocycles. The molecule has 0 bridgehead atoms. The van der Waals surface area contributed by atoms with E-state index >= 15 is 0 Å². The second-order valence-corrected chi connectivity index (χ2v) is 4.27. The maximum atomic E-state index is 11.2. The number of hydrogen-bond acceptors (Lipinski definition) is 1. The summed E-state index contributed by atoms with van der Waals surface area (Å²) in [6.07, 6.45) is 8.23. The minimum Gasteiger partial charge on any atom is -0.299 e. The van der Waals surface area contributed by atoms with Gasteiger partial charge in [0.05, 0.1) is 0 Å². The molecule has 80 valence electrons. The van der Waals surface area contributed by atoms with Crippen LogP contribution in [-0.4, -0.2) is 5.78 Å². The Kier molecular flexibility index (Phi) is 7.09. The lowest BCUT2D eigenvalue weighted by Gasteiger charge is -2.04. The van der Waals surface area contributed by atoms with Crippen LogP contribution < -0.4 is 0 Å². The molecule has 0 spiro atoms. The SMILES string of the molecule is C=CCC(=O)CC(C)C=CCC(C)C. The Labute approximate surface area is 87.9 Å². The maximum Gasteiger partial charge on any atom is 0.137 e. The first-order valence-corrected chi connectivity index (χ1v) is 5.35. The van der Waals surface area contributed by atoms with Crippen molar-refractivity contribution in [3.63, 3.8) is 0 Å². The van der Waals surface area contributed by atoms with Crippen LogP contribution in [0.3, 0.4) is 0 Å². The summed E-state index contributed by atoms with van der Waals surface area (Å²) in [4.78, 5) is 11.2. The zero-order valence-electron chi connectivity index (χ0n) is 9.62. The van der Waals surface area contributed by atoms with Crippen molar-refractivity contribution in [1.29, 1.82) is 0 Å². The largest absolute Gasteiger partial charge is 0.299 e. The third-order valence-corrected chi connectivity index (χ3v) is 1.99. The van der Waals surface area contributed by atoms with Crippen molar-refractivity contribution in [3.05, 3.63) is 24.8 Å². The molecule has 1 heteroatoms. The molecule has 14 heavy (non-hydrogen) atoms. The zero-order chi connectivity index (χ0) is 11.0. The quantitative estimate of drug-likeness (QED) is 0.564. The molecule has 0 saturated carbocycles. The summed E-state index contributed by atoms with van der Waals surface area (Å²) in [6.45, 7) is 10.0. The highest BCUT2D eigenvalue weighted by molar-refractivity contribution is 5.80. The molecular formula is C13H22O. The van der Waals surface area contributed by atoms with Gasteiger partial charge in [-0.2, -0.15) is 0 Å². The Balaban J connectivity index is 3.73. The summed E-state index contributed by atoms with van der Waals surface area (Å²) < 4.78 is 0. The van der Waals surface area contributed by atoms with Gasteiger partial charge in [0.2, 0.25) is 0 Å². The Hall–Kier alpha value is -0.850. The Morgan fingerprint density at radius 1 is 1.36 bits per heavy atom. The van der Waals surface area contributed by atoms with E-state index in [-0.39, 0.29) is 5.78 Å². The van der Waals surface area contributed by atoms with E-state index in [1.54, 1.807) is 6.08 Å². The van der Waals surface area contributed by atoms with Gasteiger partial charge in [0, 0.05) is 12.8 Å². The lowest BCUT2D eigenvalue weighted by molar-refractivity contribution is -0.118. The molecule has 0 aliphatic heterocycles. The first kappa shape index (κ1) is 13.2. The molecule has 0 heterocycles. The molecule has 0 aliphatic rings. The molecule has 0 aromatic heterocycles. The van der Waals surface area contributed by atoms with Crippen LogP contribution >= 0.6 is 0 Å². The van der Waals surface area contributed by atoms with Gasteiger partial charge in [-0.1, -0.05) is 39.0 Å². The first-order chi connectivity index (χ1) is 6.56. The highest BCUT2D eigenvalue weighted by Crippen LogP contribution is 2.09. The van der Waals surface area contributed by atoms with E-state index in [2.05, 4.69) is 39.5 Å². The van der Waals surface area contributed by atoms with E-state index in [0.717, 1.165) is 6.42 Å². The van der Waals surface area contributed by atoms with Crippen LogP contribution in [-0.2, 0) is 4.79 Å². The minimum absolute atomic E-state index is 0.279. The Morgan fingerprint density at radius 2 is 2.00 bits per heavy atom. The molecule has 0 aromatic rings. The summed E-state index contributed by atoms with van der Waals surface area (Å²) in [6, 6.07) is 0.